The summed E-state index contributed by atoms with van der Waals surface area (Å²) < 4.78 is 35.9. The number of aliphatic carboxylic acids is 1. The Kier molecular flexibility index (Phi) is 5.34. The zero-order valence-electron chi connectivity index (χ0n) is 11.0. The van der Waals surface area contributed by atoms with Crippen molar-refractivity contribution in [2.45, 2.75) is 13.1 Å². The first kappa shape index (κ1) is 16.5. The predicted octanol–water partition coefficient (Wildman–Crippen LogP) is 2.78. The Morgan fingerprint density at radius 2 is 1.95 bits per heavy atom. The van der Waals surface area contributed by atoms with Crippen molar-refractivity contribution < 1.29 is 27.9 Å². The highest BCUT2D eigenvalue weighted by Gasteiger charge is 2.27. The molecule has 0 spiro atoms. The van der Waals surface area contributed by atoms with Gasteiger partial charge in [-0.3, -0.25) is 0 Å². The topological polar surface area (TPSA) is 78.4 Å². The molecule has 0 saturated carbocycles. The van der Waals surface area contributed by atoms with Crippen LogP contribution in [0.25, 0.3) is 6.08 Å². The lowest BCUT2D eigenvalue weighted by molar-refractivity contribution is -0.131. The van der Waals surface area contributed by atoms with Crippen LogP contribution in [0.15, 0.2) is 24.3 Å². The molecule has 0 atom stereocenters. The van der Waals surface area contributed by atoms with E-state index in [0.717, 1.165) is 6.08 Å². The van der Waals surface area contributed by atoms with Gasteiger partial charge in [-0.1, -0.05) is 6.07 Å². The zero-order valence-corrected chi connectivity index (χ0v) is 11.0. The molecule has 0 aromatic heterocycles. The number of hydrogen-bond acceptors (Lipinski definition) is 2. The molecule has 1 aromatic carbocycles. The van der Waals surface area contributed by atoms with Crippen LogP contribution in [0.5, 0.6) is 0 Å². The number of hydrogen-bond donors (Lipinski definition) is 3. The number of amides is 2. The van der Waals surface area contributed by atoms with Crippen LogP contribution in [-0.4, -0.2) is 29.8 Å². The molecule has 21 heavy (non-hydrogen) atoms. The minimum absolute atomic E-state index is 0.264. The minimum atomic E-state index is -4.49. The molecule has 114 valence electrons. The molecule has 0 unspecified atom stereocenters. The van der Waals surface area contributed by atoms with Crippen LogP contribution in [0.1, 0.15) is 11.1 Å². The van der Waals surface area contributed by atoms with E-state index in [2.05, 4.69) is 5.32 Å². The van der Waals surface area contributed by atoms with E-state index >= 15 is 0 Å². The summed E-state index contributed by atoms with van der Waals surface area (Å²) in [5.74, 6) is -1.13. The molecule has 0 saturated heterocycles. The number of rotatable bonds is 4. The van der Waals surface area contributed by atoms with Gasteiger partial charge in [-0.15, -0.1) is 0 Å². The monoisotopic (exact) mass is 302 g/mol. The smallest absolute Gasteiger partial charge is 0.405 e. The lowest BCUT2D eigenvalue weighted by atomic mass is 10.1. The number of benzene rings is 1. The number of urea groups is 1. The van der Waals surface area contributed by atoms with Gasteiger partial charge in [0.2, 0.25) is 0 Å². The fourth-order valence-electron chi connectivity index (χ4n) is 1.50. The van der Waals surface area contributed by atoms with Crippen LogP contribution in [-0.2, 0) is 4.79 Å². The van der Waals surface area contributed by atoms with Crippen molar-refractivity contribution in [3.8, 4) is 0 Å². The Balaban J connectivity index is 2.75. The number of carbonyl (C=O) groups is 2. The van der Waals surface area contributed by atoms with E-state index in [9.17, 15) is 22.8 Å². The van der Waals surface area contributed by atoms with Crippen molar-refractivity contribution in [2.24, 2.45) is 0 Å². The predicted molar refractivity (Wildman–Crippen MR) is 70.9 cm³/mol. The van der Waals surface area contributed by atoms with E-state index in [-0.39, 0.29) is 5.69 Å². The lowest BCUT2D eigenvalue weighted by Crippen LogP contribution is -2.36. The van der Waals surface area contributed by atoms with E-state index in [1.165, 1.54) is 12.1 Å². The summed E-state index contributed by atoms with van der Waals surface area (Å²) in [5.41, 5.74) is 1.48. The van der Waals surface area contributed by atoms with Gasteiger partial charge in [-0.25, -0.2) is 9.59 Å². The van der Waals surface area contributed by atoms with Crippen molar-refractivity contribution in [1.82, 2.24) is 5.32 Å². The standard InChI is InChI=1S/C13H13F3N2O3/c1-8-4-9(2-3-11(19)20)6-10(5-8)18-12(21)17-7-13(14,15)16/h2-6H,7H2,1H3,(H,19,20)(H2,17,18,21)/b3-2+. The third-order valence-corrected chi connectivity index (χ3v) is 2.23. The first-order valence-corrected chi connectivity index (χ1v) is 5.80. The number of anilines is 1. The van der Waals surface area contributed by atoms with Gasteiger partial charge in [0, 0.05) is 11.8 Å². The molecule has 0 aliphatic rings. The molecule has 8 heteroatoms. The molecule has 0 aliphatic carbocycles. The van der Waals surface area contributed by atoms with Crippen molar-refractivity contribution >= 4 is 23.8 Å². The molecule has 5 nitrogen and oxygen atoms in total. The lowest BCUT2D eigenvalue weighted by Gasteiger charge is -2.11. The molecule has 3 N–H and O–H groups in total. The fraction of sp³-hybridized carbons (Fsp3) is 0.231. The average Bonchev–Trinajstić information content (AvgIpc) is 2.32. The molecule has 0 heterocycles. The van der Waals surface area contributed by atoms with Crippen molar-refractivity contribution in [3.05, 3.63) is 35.4 Å². The van der Waals surface area contributed by atoms with E-state index in [4.69, 9.17) is 5.11 Å². The molecular formula is C13H13F3N2O3. The van der Waals surface area contributed by atoms with E-state index in [1.54, 1.807) is 24.4 Å². The normalized spacial score (nSPS) is 11.4. The van der Waals surface area contributed by atoms with Gasteiger partial charge in [0.25, 0.3) is 0 Å². The van der Waals surface area contributed by atoms with Crippen molar-refractivity contribution in [2.75, 3.05) is 11.9 Å². The summed E-state index contributed by atoms with van der Waals surface area (Å²) in [7, 11) is 0. The zero-order chi connectivity index (χ0) is 16.0. The van der Waals surface area contributed by atoms with E-state index in [1.807, 2.05) is 0 Å². The van der Waals surface area contributed by atoms with Gasteiger partial charge in [-0.05, 0) is 36.3 Å². The van der Waals surface area contributed by atoms with Crippen LogP contribution in [0.2, 0.25) is 0 Å². The van der Waals surface area contributed by atoms with Gasteiger partial charge in [-0.2, -0.15) is 13.2 Å². The van der Waals surface area contributed by atoms with E-state index in [0.29, 0.717) is 11.1 Å². The number of carboxylic acids is 1. The second-order valence-corrected chi connectivity index (χ2v) is 4.23. The van der Waals surface area contributed by atoms with E-state index < -0.39 is 24.7 Å². The summed E-state index contributed by atoms with van der Waals surface area (Å²) in [6.07, 6.45) is -2.25. The Morgan fingerprint density at radius 1 is 1.29 bits per heavy atom. The molecule has 0 bridgehead atoms. The summed E-state index contributed by atoms with van der Waals surface area (Å²) in [6.45, 7) is 0.271. The molecule has 2 amide bonds. The summed E-state index contributed by atoms with van der Waals surface area (Å²) in [5, 5.41) is 12.5. The van der Waals surface area contributed by atoms with Gasteiger partial charge in [0.05, 0.1) is 0 Å². The average molecular weight is 302 g/mol. The maximum Gasteiger partial charge on any atom is 0.405 e. The molecule has 1 rings (SSSR count). The number of carboxylic acid groups (broad SMARTS) is 1. The highest BCUT2D eigenvalue weighted by atomic mass is 19.4. The summed E-state index contributed by atoms with van der Waals surface area (Å²) >= 11 is 0. The second kappa shape index (κ2) is 6.78. The highest BCUT2D eigenvalue weighted by molar-refractivity contribution is 5.90. The number of nitrogens with one attached hydrogen (secondary N) is 2. The highest BCUT2D eigenvalue weighted by Crippen LogP contribution is 2.16. The SMILES string of the molecule is Cc1cc(/C=C/C(=O)O)cc(NC(=O)NCC(F)(F)F)c1. The maximum atomic E-state index is 12.0. The van der Waals surface area contributed by atoms with Crippen molar-refractivity contribution in [3.63, 3.8) is 0 Å². The summed E-state index contributed by atoms with van der Waals surface area (Å²) in [4.78, 5) is 21.7. The molecular weight excluding hydrogens is 289 g/mol. The van der Waals surface area contributed by atoms with Gasteiger partial charge in [0.1, 0.15) is 6.54 Å². The Labute approximate surface area is 118 Å². The van der Waals surface area contributed by atoms with Gasteiger partial charge >= 0.3 is 18.2 Å². The van der Waals surface area contributed by atoms with Gasteiger partial charge in [0.15, 0.2) is 0 Å². The number of alkyl halides is 3. The first-order valence-electron chi connectivity index (χ1n) is 5.80. The Bertz CT molecular complexity index is 568. The minimum Gasteiger partial charge on any atom is -0.478 e. The van der Waals surface area contributed by atoms with Crippen LogP contribution in [0.3, 0.4) is 0 Å². The third kappa shape index (κ3) is 7.00. The molecule has 0 radical (unpaired) electrons. The summed E-state index contributed by atoms with van der Waals surface area (Å²) in [6, 6.07) is 3.66. The van der Waals surface area contributed by atoms with Gasteiger partial charge < -0.3 is 15.7 Å². The van der Waals surface area contributed by atoms with Crippen LogP contribution in [0.4, 0.5) is 23.7 Å². The fourth-order valence-corrected chi connectivity index (χ4v) is 1.50. The first-order chi connectivity index (χ1) is 9.65. The number of carbonyl (C=O) groups excluding carboxylic acids is 1. The van der Waals surface area contributed by atoms with Crippen LogP contribution < -0.4 is 10.6 Å². The Hall–Kier alpha value is -2.51. The maximum absolute atomic E-state index is 12.0. The quantitative estimate of drug-likeness (QED) is 0.748. The third-order valence-electron chi connectivity index (χ3n) is 2.23. The number of aryl methyl sites for hydroxylation is 1. The van der Waals surface area contributed by atoms with Crippen LogP contribution in [0, 0.1) is 6.92 Å². The second-order valence-electron chi connectivity index (χ2n) is 4.23. The van der Waals surface area contributed by atoms with Crippen LogP contribution >= 0.6 is 0 Å². The number of halogens is 3. The molecule has 0 fully saturated rings. The largest absolute Gasteiger partial charge is 0.478 e. The molecule has 0 aliphatic heterocycles. The molecule has 1 aromatic rings. The Morgan fingerprint density at radius 3 is 2.52 bits per heavy atom. The van der Waals surface area contributed by atoms with Crippen molar-refractivity contribution in [1.29, 1.82) is 0 Å².